The molecule has 6 heteroatoms. The van der Waals surface area contributed by atoms with E-state index in [9.17, 15) is 9.90 Å². The van der Waals surface area contributed by atoms with E-state index >= 15 is 0 Å². The number of rotatable bonds is 2. The van der Waals surface area contributed by atoms with Gasteiger partial charge in [0.05, 0.1) is 0 Å². The van der Waals surface area contributed by atoms with Crippen molar-refractivity contribution >= 4 is 17.7 Å². The molecule has 18 heavy (non-hydrogen) atoms. The van der Waals surface area contributed by atoms with Gasteiger partial charge in [-0.05, 0) is 12.2 Å². The summed E-state index contributed by atoms with van der Waals surface area (Å²) in [6, 6.07) is 0.616. The van der Waals surface area contributed by atoms with E-state index in [0.717, 1.165) is 30.8 Å². The van der Waals surface area contributed by atoms with Crippen LogP contribution in [0, 0.1) is 0 Å². The molecule has 0 bridgehead atoms. The maximum absolute atomic E-state index is 11.2. The molecule has 0 spiro atoms. The van der Waals surface area contributed by atoms with E-state index in [4.69, 9.17) is 0 Å². The SMILES string of the molecule is Cn1nc(C(=O)O)c2c1CCN([C@@H]1CCSC1)C2. The van der Waals surface area contributed by atoms with Gasteiger partial charge < -0.3 is 5.11 Å². The molecule has 1 atom stereocenters. The molecule has 1 saturated heterocycles. The van der Waals surface area contributed by atoms with Gasteiger partial charge in [0.15, 0.2) is 5.69 Å². The molecule has 1 fully saturated rings. The quantitative estimate of drug-likeness (QED) is 0.865. The van der Waals surface area contributed by atoms with Crippen molar-refractivity contribution in [2.75, 3.05) is 18.1 Å². The predicted molar refractivity (Wildman–Crippen MR) is 70.0 cm³/mol. The summed E-state index contributed by atoms with van der Waals surface area (Å²) in [5, 5.41) is 13.3. The van der Waals surface area contributed by atoms with E-state index in [0.29, 0.717) is 6.04 Å². The van der Waals surface area contributed by atoms with Crippen LogP contribution in [0.1, 0.15) is 28.2 Å². The number of hydrogen-bond acceptors (Lipinski definition) is 4. The Kier molecular flexibility index (Phi) is 3.07. The average molecular weight is 267 g/mol. The molecule has 0 aromatic carbocycles. The second-order valence-electron chi connectivity index (χ2n) is 4.94. The molecule has 0 radical (unpaired) electrons. The first-order chi connectivity index (χ1) is 8.66. The van der Waals surface area contributed by atoms with Crippen molar-refractivity contribution in [3.05, 3.63) is 17.0 Å². The number of nitrogens with zero attached hydrogens (tertiary/aromatic N) is 3. The summed E-state index contributed by atoms with van der Waals surface area (Å²) in [4.78, 5) is 13.6. The first kappa shape index (κ1) is 12.0. The zero-order valence-electron chi connectivity index (χ0n) is 10.4. The molecule has 3 heterocycles. The summed E-state index contributed by atoms with van der Waals surface area (Å²) in [7, 11) is 1.84. The Balaban J connectivity index is 1.88. The van der Waals surface area contributed by atoms with Crippen molar-refractivity contribution in [2.45, 2.75) is 25.4 Å². The van der Waals surface area contributed by atoms with Crippen molar-refractivity contribution in [1.29, 1.82) is 0 Å². The summed E-state index contributed by atoms with van der Waals surface area (Å²) < 4.78 is 1.74. The van der Waals surface area contributed by atoms with Crippen LogP contribution < -0.4 is 0 Å². The Hall–Kier alpha value is -1.01. The van der Waals surface area contributed by atoms with E-state index < -0.39 is 5.97 Å². The van der Waals surface area contributed by atoms with Crippen LogP contribution in [0.15, 0.2) is 0 Å². The second-order valence-corrected chi connectivity index (χ2v) is 6.09. The number of carbonyl (C=O) groups is 1. The third-order valence-electron chi connectivity index (χ3n) is 3.90. The van der Waals surface area contributed by atoms with Crippen LogP contribution >= 0.6 is 11.8 Å². The molecule has 1 N–H and O–H groups in total. The highest BCUT2D eigenvalue weighted by Gasteiger charge is 2.31. The second kappa shape index (κ2) is 4.59. The zero-order chi connectivity index (χ0) is 12.7. The van der Waals surface area contributed by atoms with Crippen molar-refractivity contribution in [1.82, 2.24) is 14.7 Å². The van der Waals surface area contributed by atoms with Gasteiger partial charge in [0, 0.05) is 49.6 Å². The normalized spacial score (nSPS) is 24.2. The summed E-state index contributed by atoms with van der Waals surface area (Å²) in [6.45, 7) is 1.77. The first-order valence-corrected chi connectivity index (χ1v) is 7.42. The molecule has 0 unspecified atom stereocenters. The van der Waals surface area contributed by atoms with Crippen molar-refractivity contribution in [3.63, 3.8) is 0 Å². The van der Waals surface area contributed by atoms with Gasteiger partial charge in [0.25, 0.3) is 0 Å². The Morgan fingerprint density at radius 3 is 3.06 bits per heavy atom. The van der Waals surface area contributed by atoms with Crippen LogP contribution in [-0.4, -0.2) is 49.8 Å². The smallest absolute Gasteiger partial charge is 0.356 e. The Morgan fingerprint density at radius 2 is 2.39 bits per heavy atom. The lowest BCUT2D eigenvalue weighted by atomic mass is 10.0. The highest BCUT2D eigenvalue weighted by molar-refractivity contribution is 7.99. The van der Waals surface area contributed by atoms with E-state index in [1.807, 2.05) is 18.8 Å². The van der Waals surface area contributed by atoms with Crippen LogP contribution in [0.2, 0.25) is 0 Å². The molecule has 0 amide bonds. The monoisotopic (exact) mass is 267 g/mol. The van der Waals surface area contributed by atoms with Crippen LogP contribution in [0.4, 0.5) is 0 Å². The number of carboxylic acids is 1. The maximum Gasteiger partial charge on any atom is 0.356 e. The Labute approximate surface area is 110 Å². The topological polar surface area (TPSA) is 58.4 Å². The fourth-order valence-corrected chi connectivity index (χ4v) is 4.16. The molecule has 0 saturated carbocycles. The Bertz CT molecular complexity index is 480. The van der Waals surface area contributed by atoms with E-state index in [-0.39, 0.29) is 5.69 Å². The van der Waals surface area contributed by atoms with Gasteiger partial charge in [0.2, 0.25) is 0 Å². The number of hydrogen-bond donors (Lipinski definition) is 1. The molecular formula is C12H17N3O2S. The summed E-state index contributed by atoms with van der Waals surface area (Å²) in [5.74, 6) is 1.50. The number of carboxylic acid groups (broad SMARTS) is 1. The Morgan fingerprint density at radius 1 is 1.56 bits per heavy atom. The van der Waals surface area contributed by atoms with Gasteiger partial charge in [-0.3, -0.25) is 9.58 Å². The van der Waals surface area contributed by atoms with Crippen molar-refractivity contribution < 1.29 is 9.90 Å². The summed E-state index contributed by atoms with van der Waals surface area (Å²) in [6.07, 6.45) is 2.13. The summed E-state index contributed by atoms with van der Waals surface area (Å²) >= 11 is 1.99. The maximum atomic E-state index is 11.2. The fraction of sp³-hybridized carbons (Fsp3) is 0.667. The molecule has 2 aliphatic rings. The van der Waals surface area contributed by atoms with Gasteiger partial charge in [-0.25, -0.2) is 4.79 Å². The minimum absolute atomic E-state index is 0.239. The molecule has 1 aromatic rings. The van der Waals surface area contributed by atoms with Crippen molar-refractivity contribution in [2.24, 2.45) is 7.05 Å². The molecule has 2 aliphatic heterocycles. The number of thioether (sulfide) groups is 1. The standard InChI is InChI=1S/C12H17N3O2S/c1-14-10-2-4-15(8-3-5-18-7-8)6-9(10)11(13-14)12(16)17/h8H,2-7H2,1H3,(H,16,17)/t8-/m1/s1. The van der Waals surface area contributed by atoms with Gasteiger partial charge in [0.1, 0.15) is 0 Å². The fourth-order valence-electron chi connectivity index (χ4n) is 2.91. The lowest BCUT2D eigenvalue weighted by molar-refractivity contribution is 0.0686. The molecule has 0 aliphatic carbocycles. The lowest BCUT2D eigenvalue weighted by Gasteiger charge is -2.32. The average Bonchev–Trinajstić information content (AvgIpc) is 2.97. The third kappa shape index (κ3) is 1.93. The zero-order valence-corrected chi connectivity index (χ0v) is 11.2. The van der Waals surface area contributed by atoms with E-state index in [1.165, 1.54) is 17.9 Å². The van der Waals surface area contributed by atoms with Gasteiger partial charge in [-0.1, -0.05) is 0 Å². The van der Waals surface area contributed by atoms with E-state index in [1.54, 1.807) is 4.68 Å². The van der Waals surface area contributed by atoms with Crippen LogP contribution in [0.25, 0.3) is 0 Å². The minimum Gasteiger partial charge on any atom is -0.476 e. The van der Waals surface area contributed by atoms with Gasteiger partial charge >= 0.3 is 5.97 Å². The van der Waals surface area contributed by atoms with E-state index in [2.05, 4.69) is 10.00 Å². The highest BCUT2D eigenvalue weighted by Crippen LogP contribution is 2.28. The molecule has 1 aromatic heterocycles. The number of aryl methyl sites for hydroxylation is 1. The molecule has 5 nitrogen and oxygen atoms in total. The third-order valence-corrected chi connectivity index (χ3v) is 5.04. The number of aromatic carboxylic acids is 1. The lowest BCUT2D eigenvalue weighted by Crippen LogP contribution is -2.39. The largest absolute Gasteiger partial charge is 0.476 e. The van der Waals surface area contributed by atoms with Crippen molar-refractivity contribution in [3.8, 4) is 0 Å². The summed E-state index contributed by atoms with van der Waals surface area (Å²) in [5.41, 5.74) is 2.25. The van der Waals surface area contributed by atoms with Crippen LogP contribution in [0.5, 0.6) is 0 Å². The van der Waals surface area contributed by atoms with Crippen LogP contribution in [-0.2, 0) is 20.0 Å². The highest BCUT2D eigenvalue weighted by atomic mass is 32.2. The predicted octanol–water partition coefficient (Wildman–Crippen LogP) is 0.982. The molecular weight excluding hydrogens is 250 g/mol. The number of fused-ring (bicyclic) bond motifs is 1. The first-order valence-electron chi connectivity index (χ1n) is 6.26. The number of aromatic nitrogens is 2. The molecule has 98 valence electrons. The van der Waals surface area contributed by atoms with Gasteiger partial charge in [-0.2, -0.15) is 16.9 Å². The van der Waals surface area contributed by atoms with Gasteiger partial charge in [-0.15, -0.1) is 0 Å². The minimum atomic E-state index is -0.908. The van der Waals surface area contributed by atoms with Crippen LogP contribution in [0.3, 0.4) is 0 Å². The molecule has 3 rings (SSSR count).